The Bertz CT molecular complexity index is 742. The Kier molecular flexibility index (Phi) is 4.56. The molecule has 1 aromatic carbocycles. The van der Waals surface area contributed by atoms with Crippen molar-refractivity contribution in [1.29, 1.82) is 0 Å². The van der Waals surface area contributed by atoms with Crippen LogP contribution in [0.1, 0.15) is 36.2 Å². The van der Waals surface area contributed by atoms with Gasteiger partial charge in [-0.1, -0.05) is 42.4 Å². The number of nitrogens with zero attached hydrogens (tertiary/aromatic N) is 4. The summed E-state index contributed by atoms with van der Waals surface area (Å²) in [5.41, 5.74) is 2.65. The van der Waals surface area contributed by atoms with Gasteiger partial charge in [-0.3, -0.25) is 4.79 Å². The Balaban J connectivity index is 1.38. The minimum atomic E-state index is 0.195. The van der Waals surface area contributed by atoms with Gasteiger partial charge in [0, 0.05) is 26.1 Å². The fourth-order valence-corrected chi connectivity index (χ4v) is 4.38. The lowest BCUT2D eigenvalue weighted by atomic mass is 10.00. The topological polar surface area (TPSA) is 51.0 Å². The molecule has 0 radical (unpaired) electrons. The minimum absolute atomic E-state index is 0.195. The van der Waals surface area contributed by atoms with Crippen molar-refractivity contribution in [3.63, 3.8) is 0 Å². The second kappa shape index (κ2) is 6.97. The molecule has 0 spiro atoms. The molecular weight excluding hydrogens is 320 g/mol. The van der Waals surface area contributed by atoms with E-state index in [4.69, 9.17) is 0 Å². The zero-order valence-corrected chi connectivity index (χ0v) is 14.6. The van der Waals surface area contributed by atoms with Crippen molar-refractivity contribution in [3.8, 4) is 0 Å². The van der Waals surface area contributed by atoms with Crippen molar-refractivity contribution < 1.29 is 4.79 Å². The lowest BCUT2D eigenvalue weighted by molar-refractivity contribution is -0.129. The van der Waals surface area contributed by atoms with E-state index in [0.29, 0.717) is 5.75 Å². The van der Waals surface area contributed by atoms with Gasteiger partial charge < -0.3 is 9.47 Å². The number of hydrogen-bond acceptors (Lipinski definition) is 4. The molecule has 2 aliphatic rings. The number of aromatic nitrogens is 3. The third-order valence-electron chi connectivity index (χ3n) is 4.88. The van der Waals surface area contributed by atoms with Crippen LogP contribution in [-0.4, -0.2) is 37.9 Å². The van der Waals surface area contributed by atoms with Crippen molar-refractivity contribution in [1.82, 2.24) is 19.7 Å². The van der Waals surface area contributed by atoms with E-state index in [2.05, 4.69) is 33.0 Å². The summed E-state index contributed by atoms with van der Waals surface area (Å²) in [6.07, 6.45) is 5.57. The average molecular weight is 342 g/mol. The number of amides is 1. The van der Waals surface area contributed by atoms with Crippen LogP contribution in [0.5, 0.6) is 0 Å². The highest BCUT2D eigenvalue weighted by Crippen LogP contribution is 2.24. The molecule has 1 amide bonds. The molecule has 0 N–H and O–H groups in total. The van der Waals surface area contributed by atoms with Crippen molar-refractivity contribution in [2.45, 2.75) is 50.4 Å². The zero-order valence-electron chi connectivity index (χ0n) is 13.8. The number of thioether (sulfide) groups is 1. The number of rotatable bonds is 3. The lowest BCUT2D eigenvalue weighted by Crippen LogP contribution is -2.37. The lowest BCUT2D eigenvalue weighted by Gasteiger charge is -2.28. The van der Waals surface area contributed by atoms with Crippen LogP contribution in [0.2, 0.25) is 0 Å². The summed E-state index contributed by atoms with van der Waals surface area (Å²) in [6, 6.07) is 8.41. The van der Waals surface area contributed by atoms with Crippen molar-refractivity contribution in [2.24, 2.45) is 0 Å². The molecule has 4 rings (SSSR count). The number of benzene rings is 1. The fraction of sp³-hybridized carbons (Fsp3) is 0.500. The first-order valence-corrected chi connectivity index (χ1v) is 9.69. The first kappa shape index (κ1) is 15.7. The van der Waals surface area contributed by atoms with Crippen LogP contribution in [-0.2, 0) is 30.7 Å². The van der Waals surface area contributed by atoms with Gasteiger partial charge in [-0.25, -0.2) is 0 Å². The maximum absolute atomic E-state index is 12.6. The molecule has 0 unspecified atom stereocenters. The second-order valence-corrected chi connectivity index (χ2v) is 7.43. The van der Waals surface area contributed by atoms with Gasteiger partial charge in [0.15, 0.2) is 5.16 Å². The first-order chi connectivity index (χ1) is 11.8. The molecule has 1 aromatic heterocycles. The SMILES string of the molecule is O=C(CSc1nnc2n1CCCCC2)N1CCc2ccccc2C1. The number of aryl methyl sites for hydroxylation is 1. The molecule has 0 bridgehead atoms. The Morgan fingerprint density at radius 2 is 1.92 bits per heavy atom. The predicted molar refractivity (Wildman–Crippen MR) is 93.9 cm³/mol. The Labute approximate surface area is 146 Å². The third-order valence-corrected chi connectivity index (χ3v) is 5.84. The highest BCUT2D eigenvalue weighted by atomic mass is 32.2. The summed E-state index contributed by atoms with van der Waals surface area (Å²) in [4.78, 5) is 14.6. The summed E-state index contributed by atoms with van der Waals surface area (Å²) < 4.78 is 2.20. The molecule has 0 saturated carbocycles. The largest absolute Gasteiger partial charge is 0.337 e. The summed E-state index contributed by atoms with van der Waals surface area (Å²) in [5.74, 6) is 1.72. The molecule has 5 nitrogen and oxygen atoms in total. The molecule has 0 aliphatic carbocycles. The third kappa shape index (κ3) is 3.20. The zero-order chi connectivity index (χ0) is 16.4. The van der Waals surface area contributed by atoms with Crippen molar-refractivity contribution >= 4 is 17.7 Å². The molecule has 126 valence electrons. The molecule has 24 heavy (non-hydrogen) atoms. The molecule has 6 heteroatoms. The molecule has 3 heterocycles. The smallest absolute Gasteiger partial charge is 0.233 e. The standard InChI is InChI=1S/C18H22N4OS/c23-17(21-11-9-14-6-3-4-7-15(14)12-21)13-24-18-20-19-16-8-2-1-5-10-22(16)18/h3-4,6-7H,1-2,5,8-13H2. The van der Waals surface area contributed by atoms with E-state index in [-0.39, 0.29) is 5.91 Å². The van der Waals surface area contributed by atoms with Gasteiger partial charge in [0.1, 0.15) is 5.82 Å². The van der Waals surface area contributed by atoms with E-state index in [1.165, 1.54) is 42.2 Å². The van der Waals surface area contributed by atoms with E-state index >= 15 is 0 Å². The second-order valence-electron chi connectivity index (χ2n) is 6.48. The molecule has 2 aromatic rings. The normalized spacial score (nSPS) is 17.1. The van der Waals surface area contributed by atoms with Crippen molar-refractivity contribution in [2.75, 3.05) is 12.3 Å². The van der Waals surface area contributed by atoms with Crippen LogP contribution in [0.25, 0.3) is 0 Å². The van der Waals surface area contributed by atoms with Crippen LogP contribution < -0.4 is 0 Å². The highest BCUT2D eigenvalue weighted by molar-refractivity contribution is 7.99. The maximum Gasteiger partial charge on any atom is 0.233 e. The Morgan fingerprint density at radius 3 is 2.83 bits per heavy atom. The number of carbonyl (C=O) groups is 1. The molecule has 2 aliphatic heterocycles. The summed E-state index contributed by atoms with van der Waals surface area (Å²) in [5, 5.41) is 9.50. The Morgan fingerprint density at radius 1 is 1.04 bits per heavy atom. The van der Waals surface area contributed by atoms with Gasteiger partial charge in [-0.15, -0.1) is 10.2 Å². The fourth-order valence-electron chi connectivity index (χ4n) is 3.49. The van der Waals surface area contributed by atoms with Crippen LogP contribution in [0.15, 0.2) is 29.4 Å². The van der Waals surface area contributed by atoms with Crippen molar-refractivity contribution in [3.05, 3.63) is 41.2 Å². The van der Waals surface area contributed by atoms with E-state index in [1.807, 2.05) is 11.0 Å². The predicted octanol–water partition coefficient (Wildman–Crippen LogP) is 2.68. The summed E-state index contributed by atoms with van der Waals surface area (Å²) in [6.45, 7) is 2.53. The van der Waals surface area contributed by atoms with Gasteiger partial charge >= 0.3 is 0 Å². The van der Waals surface area contributed by atoms with E-state index in [1.54, 1.807) is 0 Å². The van der Waals surface area contributed by atoms with Gasteiger partial charge in [-0.2, -0.15) is 0 Å². The maximum atomic E-state index is 12.6. The number of carbonyl (C=O) groups excluding carboxylic acids is 1. The van der Waals surface area contributed by atoms with Crippen LogP contribution in [0, 0.1) is 0 Å². The first-order valence-electron chi connectivity index (χ1n) is 8.71. The van der Waals surface area contributed by atoms with Gasteiger partial charge in [0.25, 0.3) is 0 Å². The van der Waals surface area contributed by atoms with Crippen LogP contribution in [0.3, 0.4) is 0 Å². The summed E-state index contributed by atoms with van der Waals surface area (Å²) >= 11 is 1.53. The summed E-state index contributed by atoms with van der Waals surface area (Å²) in [7, 11) is 0. The quantitative estimate of drug-likeness (QED) is 0.805. The van der Waals surface area contributed by atoms with E-state index < -0.39 is 0 Å². The number of hydrogen-bond donors (Lipinski definition) is 0. The molecule has 0 saturated heterocycles. The number of fused-ring (bicyclic) bond motifs is 2. The minimum Gasteiger partial charge on any atom is -0.337 e. The highest BCUT2D eigenvalue weighted by Gasteiger charge is 2.22. The Hall–Kier alpha value is -1.82. The van der Waals surface area contributed by atoms with E-state index in [0.717, 1.165) is 43.5 Å². The monoisotopic (exact) mass is 342 g/mol. The molecule has 0 fully saturated rings. The molecular formula is C18H22N4OS. The van der Waals surface area contributed by atoms with Gasteiger partial charge in [-0.05, 0) is 30.4 Å². The van der Waals surface area contributed by atoms with Crippen LogP contribution in [0.4, 0.5) is 0 Å². The van der Waals surface area contributed by atoms with Crippen LogP contribution >= 0.6 is 11.8 Å². The van der Waals surface area contributed by atoms with E-state index in [9.17, 15) is 4.79 Å². The average Bonchev–Trinajstić information content (AvgIpc) is 2.85. The van der Waals surface area contributed by atoms with Gasteiger partial charge in [0.2, 0.25) is 5.91 Å². The molecule has 0 atom stereocenters. The van der Waals surface area contributed by atoms with Gasteiger partial charge in [0.05, 0.1) is 5.75 Å².